The summed E-state index contributed by atoms with van der Waals surface area (Å²) in [5, 5.41) is 0. The van der Waals surface area contributed by atoms with Gasteiger partial charge in [-0.3, -0.25) is 29.7 Å². The monoisotopic (exact) mass is 486 g/mol. The van der Waals surface area contributed by atoms with E-state index >= 15 is 0 Å². The average molecular weight is 487 g/mol. The lowest BCUT2D eigenvalue weighted by molar-refractivity contribution is 0.191. The molecule has 0 radical (unpaired) electrons. The Hall–Kier alpha value is -2.67. The Kier molecular flexibility index (Phi) is 9.19. The SMILES string of the molecule is CCCN1Cc2cccc(n2)CN(C(C)C)Cc2cccc(n2)CN(C(C)C)Cc2cccc(n2)C1. The molecule has 6 bridgehead atoms. The van der Waals surface area contributed by atoms with Crippen molar-refractivity contribution in [1.82, 2.24) is 29.7 Å². The second kappa shape index (κ2) is 12.5. The third kappa shape index (κ3) is 7.42. The van der Waals surface area contributed by atoms with Gasteiger partial charge in [0.1, 0.15) is 0 Å². The summed E-state index contributed by atoms with van der Waals surface area (Å²) in [5.41, 5.74) is 6.68. The lowest BCUT2D eigenvalue weighted by Gasteiger charge is -2.28. The van der Waals surface area contributed by atoms with Crippen LogP contribution in [0.15, 0.2) is 54.6 Å². The van der Waals surface area contributed by atoms with Crippen LogP contribution >= 0.6 is 0 Å². The molecule has 0 aromatic carbocycles. The summed E-state index contributed by atoms with van der Waals surface area (Å²) >= 11 is 0. The zero-order valence-electron chi connectivity index (χ0n) is 22.7. The highest BCUT2D eigenvalue weighted by atomic mass is 15.2. The Morgan fingerprint density at radius 3 is 1.14 bits per heavy atom. The molecule has 0 atom stereocenters. The van der Waals surface area contributed by atoms with Crippen LogP contribution in [0.5, 0.6) is 0 Å². The Bertz CT molecular complexity index is 1030. The van der Waals surface area contributed by atoms with Crippen LogP contribution in [-0.2, 0) is 39.3 Å². The van der Waals surface area contributed by atoms with Gasteiger partial charge in [0.2, 0.25) is 0 Å². The van der Waals surface area contributed by atoms with E-state index in [-0.39, 0.29) is 0 Å². The van der Waals surface area contributed by atoms with E-state index in [4.69, 9.17) is 15.0 Å². The van der Waals surface area contributed by atoms with E-state index in [1.807, 2.05) is 0 Å². The molecule has 0 unspecified atom stereocenters. The number of aromatic nitrogens is 3. The standard InChI is InChI=1S/C30H42N6/c1-6-16-34-17-25-10-7-12-27(31-25)19-35(23(2)3)21-29-14-9-15-30(33-29)22-36(24(4)5)20-28-13-8-11-26(18-34)32-28/h7-15,23-24H,6,16-22H2,1-5H3. The first-order valence-corrected chi connectivity index (χ1v) is 13.4. The molecule has 192 valence electrons. The van der Waals surface area contributed by atoms with Gasteiger partial charge in [0, 0.05) is 51.4 Å². The summed E-state index contributed by atoms with van der Waals surface area (Å²) in [5.74, 6) is 0. The van der Waals surface area contributed by atoms with Gasteiger partial charge in [-0.15, -0.1) is 0 Å². The van der Waals surface area contributed by atoms with Gasteiger partial charge in [-0.1, -0.05) is 25.1 Å². The van der Waals surface area contributed by atoms with Crippen molar-refractivity contribution in [1.29, 1.82) is 0 Å². The number of pyridine rings is 3. The van der Waals surface area contributed by atoms with E-state index in [2.05, 4.69) is 104 Å². The summed E-state index contributed by atoms with van der Waals surface area (Å²) < 4.78 is 0. The topological polar surface area (TPSA) is 48.4 Å². The van der Waals surface area contributed by atoms with Crippen molar-refractivity contribution in [3.8, 4) is 0 Å². The van der Waals surface area contributed by atoms with Gasteiger partial charge >= 0.3 is 0 Å². The van der Waals surface area contributed by atoms with Crippen LogP contribution in [0.2, 0.25) is 0 Å². The largest absolute Gasteiger partial charge is 0.292 e. The van der Waals surface area contributed by atoms with E-state index < -0.39 is 0 Å². The summed E-state index contributed by atoms with van der Waals surface area (Å²) in [6.45, 7) is 17.2. The molecule has 0 saturated carbocycles. The molecule has 0 spiro atoms. The van der Waals surface area contributed by atoms with E-state index in [1.165, 1.54) is 0 Å². The molecule has 0 aliphatic carbocycles. The van der Waals surface area contributed by atoms with Crippen molar-refractivity contribution in [3.05, 3.63) is 88.8 Å². The molecule has 0 N–H and O–H groups in total. The summed E-state index contributed by atoms with van der Waals surface area (Å²) in [4.78, 5) is 22.6. The normalized spacial score (nSPS) is 16.8. The summed E-state index contributed by atoms with van der Waals surface area (Å²) in [7, 11) is 0. The van der Waals surface area contributed by atoms with E-state index in [9.17, 15) is 0 Å². The lowest BCUT2D eigenvalue weighted by Crippen LogP contribution is -2.32. The Morgan fingerprint density at radius 1 is 0.556 bits per heavy atom. The number of fused-ring (bicyclic) bond motifs is 6. The van der Waals surface area contributed by atoms with E-state index in [1.54, 1.807) is 0 Å². The van der Waals surface area contributed by atoms with Crippen LogP contribution in [0.25, 0.3) is 0 Å². The Morgan fingerprint density at radius 2 is 0.861 bits per heavy atom. The minimum absolute atomic E-state index is 0.395. The highest BCUT2D eigenvalue weighted by Crippen LogP contribution is 2.17. The molecular weight excluding hydrogens is 444 g/mol. The van der Waals surface area contributed by atoms with Crippen LogP contribution in [0.3, 0.4) is 0 Å². The highest BCUT2D eigenvalue weighted by molar-refractivity contribution is 5.16. The predicted molar refractivity (Wildman–Crippen MR) is 146 cm³/mol. The second-order valence-corrected chi connectivity index (χ2v) is 10.6. The molecule has 3 aromatic rings. The zero-order valence-corrected chi connectivity index (χ0v) is 22.7. The van der Waals surface area contributed by atoms with Gasteiger partial charge in [-0.05, 0) is 77.1 Å². The molecule has 4 heterocycles. The number of hydrogen-bond donors (Lipinski definition) is 0. The van der Waals surface area contributed by atoms with Crippen molar-refractivity contribution in [2.45, 2.75) is 92.4 Å². The minimum atomic E-state index is 0.395. The van der Waals surface area contributed by atoms with Crippen LogP contribution in [0, 0.1) is 0 Å². The molecule has 6 nitrogen and oxygen atoms in total. The van der Waals surface area contributed by atoms with Crippen LogP contribution < -0.4 is 0 Å². The number of rotatable bonds is 4. The zero-order chi connectivity index (χ0) is 25.5. The van der Waals surface area contributed by atoms with Crippen molar-refractivity contribution in [2.24, 2.45) is 0 Å². The molecule has 3 aromatic heterocycles. The summed E-state index contributed by atoms with van der Waals surface area (Å²) in [6.07, 6.45) is 1.10. The summed E-state index contributed by atoms with van der Waals surface area (Å²) in [6, 6.07) is 20.1. The molecule has 0 fully saturated rings. The second-order valence-electron chi connectivity index (χ2n) is 10.6. The maximum atomic E-state index is 5.06. The van der Waals surface area contributed by atoms with Gasteiger partial charge in [0.25, 0.3) is 0 Å². The molecule has 0 saturated heterocycles. The first-order valence-electron chi connectivity index (χ1n) is 13.4. The van der Waals surface area contributed by atoms with Crippen LogP contribution in [0.1, 0.15) is 75.2 Å². The maximum absolute atomic E-state index is 5.06. The molecular formula is C30H42N6. The first-order chi connectivity index (χ1) is 17.4. The third-order valence-corrected chi connectivity index (χ3v) is 6.83. The fraction of sp³-hybridized carbons (Fsp3) is 0.500. The molecule has 6 heteroatoms. The van der Waals surface area contributed by atoms with E-state index in [0.717, 1.165) is 86.4 Å². The molecule has 1 aliphatic heterocycles. The predicted octanol–water partition coefficient (Wildman–Crippen LogP) is 5.42. The quantitative estimate of drug-likeness (QED) is 0.491. The first kappa shape index (κ1) is 26.4. The van der Waals surface area contributed by atoms with Gasteiger partial charge in [0.15, 0.2) is 0 Å². The fourth-order valence-electron chi connectivity index (χ4n) is 4.78. The maximum Gasteiger partial charge on any atom is 0.0548 e. The average Bonchev–Trinajstić information content (AvgIpc) is 2.83. The molecule has 36 heavy (non-hydrogen) atoms. The Labute approximate surface area is 217 Å². The van der Waals surface area contributed by atoms with Gasteiger partial charge < -0.3 is 0 Å². The third-order valence-electron chi connectivity index (χ3n) is 6.83. The minimum Gasteiger partial charge on any atom is -0.292 e. The smallest absolute Gasteiger partial charge is 0.0548 e. The van der Waals surface area contributed by atoms with Gasteiger partial charge in [0.05, 0.1) is 34.2 Å². The van der Waals surface area contributed by atoms with Gasteiger partial charge in [-0.2, -0.15) is 0 Å². The molecule has 1 aliphatic rings. The van der Waals surface area contributed by atoms with E-state index in [0.29, 0.717) is 12.1 Å². The van der Waals surface area contributed by atoms with Crippen LogP contribution in [0.4, 0.5) is 0 Å². The van der Waals surface area contributed by atoms with Crippen molar-refractivity contribution in [2.75, 3.05) is 6.54 Å². The number of nitrogens with zero attached hydrogens (tertiary/aromatic N) is 6. The highest BCUT2D eigenvalue weighted by Gasteiger charge is 2.17. The lowest BCUT2D eigenvalue weighted by atomic mass is 10.2. The fourth-order valence-corrected chi connectivity index (χ4v) is 4.78. The molecule has 0 amide bonds. The van der Waals surface area contributed by atoms with Crippen molar-refractivity contribution >= 4 is 0 Å². The van der Waals surface area contributed by atoms with Crippen LogP contribution in [-0.4, -0.2) is 48.3 Å². The van der Waals surface area contributed by atoms with Crippen molar-refractivity contribution in [3.63, 3.8) is 0 Å². The van der Waals surface area contributed by atoms with Gasteiger partial charge in [-0.25, -0.2) is 0 Å². The van der Waals surface area contributed by atoms with Crippen molar-refractivity contribution < 1.29 is 0 Å². The Balaban J connectivity index is 1.71. The number of hydrogen-bond acceptors (Lipinski definition) is 6. The molecule has 4 rings (SSSR count).